The first kappa shape index (κ1) is 9.90. The van der Waals surface area contributed by atoms with Crippen molar-refractivity contribution >= 4 is 0 Å². The van der Waals surface area contributed by atoms with Crippen LogP contribution in [0.3, 0.4) is 0 Å². The van der Waals surface area contributed by atoms with E-state index in [4.69, 9.17) is 0 Å². The van der Waals surface area contributed by atoms with Crippen molar-refractivity contribution < 1.29 is 0 Å². The van der Waals surface area contributed by atoms with Gasteiger partial charge in [-0.05, 0) is 30.0 Å². The smallest absolute Gasteiger partial charge is 0.123 e. The van der Waals surface area contributed by atoms with Crippen molar-refractivity contribution in [2.24, 2.45) is 0 Å². The molecule has 0 fully saturated rings. The van der Waals surface area contributed by atoms with Gasteiger partial charge in [0.2, 0.25) is 0 Å². The monoisotopic (exact) mass is 201 g/mol. The number of benzene rings is 1. The predicted molar refractivity (Wildman–Crippen MR) is 60.2 cm³/mol. The summed E-state index contributed by atoms with van der Waals surface area (Å²) in [5, 5.41) is 7.65. The molecular formula is C12H15N3. The fourth-order valence-electron chi connectivity index (χ4n) is 1.59. The molecule has 0 aliphatic carbocycles. The van der Waals surface area contributed by atoms with Crippen molar-refractivity contribution in [1.82, 2.24) is 14.8 Å². The molecule has 0 atom stereocenters. The summed E-state index contributed by atoms with van der Waals surface area (Å²) in [5.74, 6) is 0.542. The quantitative estimate of drug-likeness (QED) is 0.748. The average molecular weight is 201 g/mol. The van der Waals surface area contributed by atoms with Crippen molar-refractivity contribution in [3.8, 4) is 5.69 Å². The van der Waals surface area contributed by atoms with Crippen LogP contribution < -0.4 is 0 Å². The molecule has 1 heterocycles. The minimum absolute atomic E-state index is 0.542. The second kappa shape index (κ2) is 3.85. The highest BCUT2D eigenvalue weighted by molar-refractivity contribution is 5.43. The van der Waals surface area contributed by atoms with Gasteiger partial charge in [0, 0.05) is 0 Å². The van der Waals surface area contributed by atoms with Crippen LogP contribution in [0.5, 0.6) is 0 Å². The number of hydrogen-bond donors (Lipinski definition) is 0. The molecule has 3 nitrogen and oxygen atoms in total. The molecule has 78 valence electrons. The van der Waals surface area contributed by atoms with Crippen LogP contribution in [0.15, 0.2) is 30.9 Å². The maximum Gasteiger partial charge on any atom is 0.123 e. The van der Waals surface area contributed by atoms with Gasteiger partial charge in [0.25, 0.3) is 0 Å². The molecule has 0 aliphatic heterocycles. The highest BCUT2D eigenvalue weighted by Crippen LogP contribution is 2.20. The SMILES string of the molecule is Cc1ccc(C(C)C)cc1-n1cnnc1. The number of hydrogen-bond acceptors (Lipinski definition) is 2. The summed E-state index contributed by atoms with van der Waals surface area (Å²) >= 11 is 0. The van der Waals surface area contributed by atoms with Crippen LogP contribution in [-0.2, 0) is 0 Å². The summed E-state index contributed by atoms with van der Waals surface area (Å²) < 4.78 is 1.95. The van der Waals surface area contributed by atoms with E-state index >= 15 is 0 Å². The summed E-state index contributed by atoms with van der Waals surface area (Å²) in [7, 11) is 0. The predicted octanol–water partition coefficient (Wildman–Crippen LogP) is 2.70. The van der Waals surface area contributed by atoms with Crippen molar-refractivity contribution in [2.45, 2.75) is 26.7 Å². The minimum Gasteiger partial charge on any atom is -0.288 e. The summed E-state index contributed by atoms with van der Waals surface area (Å²) in [6, 6.07) is 6.52. The van der Waals surface area contributed by atoms with Gasteiger partial charge in [-0.1, -0.05) is 26.0 Å². The molecule has 2 aromatic rings. The first-order valence-corrected chi connectivity index (χ1v) is 5.14. The molecular weight excluding hydrogens is 186 g/mol. The Balaban J connectivity index is 2.51. The lowest BCUT2D eigenvalue weighted by Gasteiger charge is -2.11. The zero-order valence-electron chi connectivity index (χ0n) is 9.31. The van der Waals surface area contributed by atoms with Gasteiger partial charge in [-0.15, -0.1) is 10.2 Å². The Labute approximate surface area is 89.8 Å². The molecule has 0 amide bonds. The minimum atomic E-state index is 0.542. The highest BCUT2D eigenvalue weighted by Gasteiger charge is 2.05. The van der Waals surface area contributed by atoms with Crippen LogP contribution in [0.2, 0.25) is 0 Å². The molecule has 0 bridgehead atoms. The van der Waals surface area contributed by atoms with E-state index in [1.807, 2.05) is 4.57 Å². The van der Waals surface area contributed by atoms with Gasteiger partial charge in [-0.2, -0.15) is 0 Å². The third kappa shape index (κ3) is 1.91. The van der Waals surface area contributed by atoms with E-state index in [-0.39, 0.29) is 0 Å². The molecule has 0 aliphatic rings. The summed E-state index contributed by atoms with van der Waals surface area (Å²) in [6.45, 7) is 6.49. The summed E-state index contributed by atoms with van der Waals surface area (Å²) in [6.07, 6.45) is 3.46. The van der Waals surface area contributed by atoms with Gasteiger partial charge in [0.15, 0.2) is 0 Å². The Kier molecular flexibility index (Phi) is 2.54. The Bertz CT molecular complexity index is 444. The topological polar surface area (TPSA) is 30.7 Å². The molecule has 0 saturated heterocycles. The van der Waals surface area contributed by atoms with E-state index in [1.165, 1.54) is 11.1 Å². The largest absolute Gasteiger partial charge is 0.288 e. The van der Waals surface area contributed by atoms with Gasteiger partial charge in [-0.25, -0.2) is 0 Å². The molecule has 0 spiro atoms. The van der Waals surface area contributed by atoms with Crippen molar-refractivity contribution in [1.29, 1.82) is 0 Å². The summed E-state index contributed by atoms with van der Waals surface area (Å²) in [5.41, 5.74) is 3.73. The van der Waals surface area contributed by atoms with Gasteiger partial charge < -0.3 is 0 Å². The maximum atomic E-state index is 3.83. The summed E-state index contributed by atoms with van der Waals surface area (Å²) in [4.78, 5) is 0. The fraction of sp³-hybridized carbons (Fsp3) is 0.333. The Morgan fingerprint density at radius 2 is 1.80 bits per heavy atom. The second-order valence-electron chi connectivity index (χ2n) is 4.07. The maximum absolute atomic E-state index is 3.83. The molecule has 2 rings (SSSR count). The van der Waals surface area contributed by atoms with Crippen LogP contribution in [0.25, 0.3) is 5.69 Å². The number of aromatic nitrogens is 3. The van der Waals surface area contributed by atoms with Crippen LogP contribution in [0, 0.1) is 6.92 Å². The van der Waals surface area contributed by atoms with E-state index < -0.39 is 0 Å². The lowest BCUT2D eigenvalue weighted by molar-refractivity contribution is 0.861. The van der Waals surface area contributed by atoms with Gasteiger partial charge in [0.05, 0.1) is 5.69 Å². The van der Waals surface area contributed by atoms with Crippen molar-refractivity contribution in [3.05, 3.63) is 42.0 Å². The Morgan fingerprint density at radius 3 is 2.40 bits per heavy atom. The van der Waals surface area contributed by atoms with E-state index in [2.05, 4.69) is 49.2 Å². The van der Waals surface area contributed by atoms with E-state index in [0.717, 1.165) is 5.69 Å². The number of nitrogens with zero attached hydrogens (tertiary/aromatic N) is 3. The van der Waals surface area contributed by atoms with Crippen molar-refractivity contribution in [2.75, 3.05) is 0 Å². The van der Waals surface area contributed by atoms with Gasteiger partial charge in [-0.3, -0.25) is 4.57 Å². The van der Waals surface area contributed by atoms with Crippen LogP contribution >= 0.6 is 0 Å². The molecule has 15 heavy (non-hydrogen) atoms. The highest BCUT2D eigenvalue weighted by atomic mass is 15.2. The lowest BCUT2D eigenvalue weighted by Crippen LogP contribution is -1.97. The Morgan fingerprint density at radius 1 is 1.13 bits per heavy atom. The van der Waals surface area contributed by atoms with Crippen molar-refractivity contribution in [3.63, 3.8) is 0 Å². The second-order valence-corrected chi connectivity index (χ2v) is 4.07. The zero-order chi connectivity index (χ0) is 10.8. The van der Waals surface area contributed by atoms with E-state index in [1.54, 1.807) is 12.7 Å². The molecule has 1 aromatic heterocycles. The average Bonchev–Trinajstić information content (AvgIpc) is 2.71. The van der Waals surface area contributed by atoms with Crippen LogP contribution in [0.1, 0.15) is 30.9 Å². The number of aryl methyl sites for hydroxylation is 1. The normalized spacial score (nSPS) is 10.9. The standard InChI is InChI=1S/C12H15N3/c1-9(2)11-5-4-10(3)12(6-11)15-7-13-14-8-15/h4-9H,1-3H3. The van der Waals surface area contributed by atoms with Gasteiger partial charge >= 0.3 is 0 Å². The Hall–Kier alpha value is -1.64. The molecule has 1 aromatic carbocycles. The zero-order valence-corrected chi connectivity index (χ0v) is 9.31. The van der Waals surface area contributed by atoms with E-state index in [9.17, 15) is 0 Å². The molecule has 0 radical (unpaired) electrons. The van der Waals surface area contributed by atoms with E-state index in [0.29, 0.717) is 5.92 Å². The fourth-order valence-corrected chi connectivity index (χ4v) is 1.59. The van der Waals surface area contributed by atoms with Gasteiger partial charge in [0.1, 0.15) is 12.7 Å². The third-order valence-electron chi connectivity index (χ3n) is 2.60. The third-order valence-corrected chi connectivity index (χ3v) is 2.60. The molecule has 0 saturated carbocycles. The lowest BCUT2D eigenvalue weighted by atomic mass is 10.0. The molecule has 0 N–H and O–H groups in total. The van der Waals surface area contributed by atoms with Crippen LogP contribution in [-0.4, -0.2) is 14.8 Å². The first-order chi connectivity index (χ1) is 7.18. The number of rotatable bonds is 2. The molecule has 3 heteroatoms. The van der Waals surface area contributed by atoms with Crippen LogP contribution in [0.4, 0.5) is 0 Å². The first-order valence-electron chi connectivity index (χ1n) is 5.14. The molecule has 0 unspecified atom stereocenters.